The summed E-state index contributed by atoms with van der Waals surface area (Å²) in [5.74, 6) is -4.36. The van der Waals surface area contributed by atoms with Crippen molar-refractivity contribution in [2.24, 2.45) is 0 Å². The van der Waals surface area contributed by atoms with E-state index in [1.807, 2.05) is 0 Å². The van der Waals surface area contributed by atoms with Crippen LogP contribution in [0.15, 0.2) is 59.9 Å². The van der Waals surface area contributed by atoms with Crippen molar-refractivity contribution in [3.05, 3.63) is 76.6 Å². The van der Waals surface area contributed by atoms with Crippen molar-refractivity contribution < 1.29 is 50.2 Å². The summed E-state index contributed by atoms with van der Waals surface area (Å²) < 4.78 is 89.6. The number of nitrogens with zero attached hydrogens (tertiary/aromatic N) is 5. The van der Waals surface area contributed by atoms with Gasteiger partial charge in [0.15, 0.2) is 11.4 Å². The molecule has 12 nitrogen and oxygen atoms in total. The summed E-state index contributed by atoms with van der Waals surface area (Å²) in [7, 11) is 0. The van der Waals surface area contributed by atoms with E-state index in [-0.39, 0.29) is 39.2 Å². The van der Waals surface area contributed by atoms with Crippen molar-refractivity contribution in [2.75, 3.05) is 9.80 Å². The molecule has 1 fully saturated rings. The zero-order valence-corrected chi connectivity index (χ0v) is 22.8. The molecule has 0 spiro atoms. The Labute approximate surface area is 247 Å². The highest BCUT2D eigenvalue weighted by Gasteiger charge is 2.53. The van der Waals surface area contributed by atoms with E-state index in [0.29, 0.717) is 28.9 Å². The second kappa shape index (κ2) is 11.2. The Balaban J connectivity index is 1.56. The third-order valence-corrected chi connectivity index (χ3v) is 6.38. The maximum absolute atomic E-state index is 13.5. The predicted octanol–water partition coefficient (Wildman–Crippen LogP) is 5.05. The number of amides is 3. The largest absolute Gasteiger partial charge is 0.491 e. The Kier molecular flexibility index (Phi) is 7.68. The number of benzene rings is 1. The lowest BCUT2D eigenvalue weighted by Gasteiger charge is -2.22. The molecule has 45 heavy (non-hydrogen) atoms. The van der Waals surface area contributed by atoms with E-state index in [2.05, 4.69) is 24.7 Å². The van der Waals surface area contributed by atoms with Gasteiger partial charge >= 0.3 is 24.4 Å². The summed E-state index contributed by atoms with van der Waals surface area (Å²) in [6, 6.07) is 4.22. The lowest BCUT2D eigenvalue weighted by Crippen LogP contribution is -2.42. The first-order valence-electron chi connectivity index (χ1n) is 12.7. The number of H-pyrrole nitrogens is 1. The van der Waals surface area contributed by atoms with E-state index in [4.69, 9.17) is 4.74 Å². The topological polar surface area (TPSA) is 148 Å². The van der Waals surface area contributed by atoms with Crippen LogP contribution in [-0.2, 0) is 20.5 Å². The van der Waals surface area contributed by atoms with Gasteiger partial charge in [0.1, 0.15) is 11.3 Å². The van der Waals surface area contributed by atoms with Crippen molar-refractivity contribution in [3.63, 3.8) is 0 Å². The third kappa shape index (κ3) is 5.98. The van der Waals surface area contributed by atoms with Crippen molar-refractivity contribution in [2.45, 2.75) is 38.3 Å². The predicted molar refractivity (Wildman–Crippen MR) is 141 cm³/mol. The van der Waals surface area contributed by atoms with E-state index in [9.17, 15) is 45.5 Å². The van der Waals surface area contributed by atoms with E-state index in [1.165, 1.54) is 30.5 Å². The number of alkyl halides is 6. The minimum absolute atomic E-state index is 0.125. The minimum Gasteiger partial charge on any atom is -0.455 e. The molecule has 1 aliphatic rings. The van der Waals surface area contributed by atoms with Gasteiger partial charge < -0.3 is 14.5 Å². The van der Waals surface area contributed by atoms with Crippen LogP contribution < -0.4 is 20.1 Å². The van der Waals surface area contributed by atoms with Gasteiger partial charge in [0.2, 0.25) is 0 Å². The quantitative estimate of drug-likeness (QED) is 0.174. The second-order valence-corrected chi connectivity index (χ2v) is 9.74. The molecule has 0 aliphatic carbocycles. The Morgan fingerprint density at radius 2 is 1.67 bits per heavy atom. The molecule has 5 rings (SSSR count). The summed E-state index contributed by atoms with van der Waals surface area (Å²) in [5, 5.41) is 0. The number of aromatic nitrogens is 4. The van der Waals surface area contributed by atoms with Gasteiger partial charge in [-0.2, -0.15) is 26.3 Å². The first-order valence-corrected chi connectivity index (χ1v) is 12.7. The van der Waals surface area contributed by atoms with Crippen molar-refractivity contribution in [3.8, 4) is 11.5 Å². The Hall–Kier alpha value is -5.55. The zero-order chi connectivity index (χ0) is 32.8. The fourth-order valence-electron chi connectivity index (χ4n) is 4.34. The SMILES string of the molecule is CC(C)c1cc(N2C(=O)C(OC(=O)C(F)(F)F)N(c3cncc(C(F)(F)F)c3)C2=O)ccc1Oc1ccnc2[nH]c(=O)cnc12. The average Bonchev–Trinajstić information content (AvgIpc) is 3.20. The number of esters is 1. The average molecular weight is 636 g/mol. The van der Waals surface area contributed by atoms with Gasteiger partial charge in [-0.25, -0.2) is 29.4 Å². The lowest BCUT2D eigenvalue weighted by atomic mass is 10.0. The van der Waals surface area contributed by atoms with Crippen LogP contribution in [-0.4, -0.2) is 50.2 Å². The summed E-state index contributed by atoms with van der Waals surface area (Å²) in [4.78, 5) is 64.7. The van der Waals surface area contributed by atoms with Gasteiger partial charge in [-0.1, -0.05) is 13.8 Å². The number of fused-ring (bicyclic) bond motifs is 1. The Bertz CT molecular complexity index is 1890. The Morgan fingerprint density at radius 3 is 2.33 bits per heavy atom. The highest BCUT2D eigenvalue weighted by Crippen LogP contribution is 2.39. The van der Waals surface area contributed by atoms with Crippen molar-refractivity contribution in [1.29, 1.82) is 0 Å². The minimum atomic E-state index is -5.60. The fraction of sp³-hybridized carbons (Fsp3) is 0.222. The third-order valence-electron chi connectivity index (χ3n) is 6.38. The molecule has 0 saturated carbocycles. The first-order chi connectivity index (χ1) is 21.1. The van der Waals surface area contributed by atoms with Gasteiger partial charge in [0.25, 0.3) is 17.7 Å². The summed E-state index contributed by atoms with van der Waals surface area (Å²) in [6.45, 7) is 3.43. The molecular formula is C27H18F6N6O6. The monoisotopic (exact) mass is 636 g/mol. The molecule has 1 aromatic carbocycles. The first kappa shape index (κ1) is 30.9. The van der Waals surface area contributed by atoms with E-state index < -0.39 is 53.3 Å². The number of anilines is 2. The number of carbonyl (C=O) groups is 3. The normalized spacial score (nSPS) is 15.7. The van der Waals surface area contributed by atoms with Crippen LogP contribution in [0.25, 0.3) is 11.2 Å². The molecule has 4 aromatic rings. The van der Waals surface area contributed by atoms with Crippen molar-refractivity contribution >= 4 is 40.4 Å². The maximum atomic E-state index is 13.5. The number of hydrogen-bond acceptors (Lipinski definition) is 9. The van der Waals surface area contributed by atoms with E-state index >= 15 is 0 Å². The number of urea groups is 1. The summed E-state index contributed by atoms with van der Waals surface area (Å²) in [5.41, 5.74) is -2.19. The zero-order valence-electron chi connectivity index (χ0n) is 22.8. The molecular weight excluding hydrogens is 618 g/mol. The molecule has 18 heteroatoms. The number of halogens is 6. The van der Waals surface area contributed by atoms with Crippen LogP contribution in [0.1, 0.15) is 30.9 Å². The van der Waals surface area contributed by atoms with Crippen LogP contribution in [0.5, 0.6) is 11.5 Å². The number of rotatable bonds is 6. The van der Waals surface area contributed by atoms with Crippen LogP contribution in [0.3, 0.4) is 0 Å². The molecule has 3 aromatic heterocycles. The van der Waals surface area contributed by atoms with Crippen LogP contribution in [0, 0.1) is 0 Å². The van der Waals surface area contributed by atoms with E-state index in [0.717, 1.165) is 6.20 Å². The van der Waals surface area contributed by atoms with Crippen LogP contribution in [0.2, 0.25) is 0 Å². The number of hydrogen-bond donors (Lipinski definition) is 1. The van der Waals surface area contributed by atoms with Gasteiger partial charge in [-0.3, -0.25) is 14.6 Å². The summed E-state index contributed by atoms with van der Waals surface area (Å²) in [6.07, 6.45) is -9.74. The maximum Gasteiger partial charge on any atom is 0.491 e. The number of carbonyl (C=O) groups excluding carboxylic acids is 3. The number of imide groups is 1. The molecule has 1 unspecified atom stereocenters. The Morgan fingerprint density at radius 1 is 0.933 bits per heavy atom. The number of pyridine rings is 2. The van der Waals surface area contributed by atoms with Gasteiger partial charge in [0, 0.05) is 18.5 Å². The highest BCUT2D eigenvalue weighted by atomic mass is 19.4. The van der Waals surface area contributed by atoms with Gasteiger partial charge in [-0.05, 0) is 35.7 Å². The lowest BCUT2D eigenvalue weighted by molar-refractivity contribution is -0.204. The van der Waals surface area contributed by atoms with Crippen molar-refractivity contribution in [1.82, 2.24) is 19.9 Å². The number of nitrogens with one attached hydrogen (secondary N) is 1. The van der Waals surface area contributed by atoms with Crippen LogP contribution in [0.4, 0.5) is 42.5 Å². The molecule has 0 bridgehead atoms. The fourth-order valence-corrected chi connectivity index (χ4v) is 4.34. The number of ether oxygens (including phenoxy) is 2. The molecule has 4 heterocycles. The molecule has 3 amide bonds. The molecule has 234 valence electrons. The van der Waals surface area contributed by atoms with Crippen LogP contribution >= 0.6 is 0 Å². The second-order valence-electron chi connectivity index (χ2n) is 9.74. The molecule has 0 radical (unpaired) electrons. The standard InChI is InChI=1S/C27H18F6N6O6/c1-12(2)16-8-14(3-4-17(16)44-18-5-6-35-21-20(18)36-11-19(40)37-21)38-22(41)23(45-24(42)27(31,32)33)39(25(38)43)15-7-13(9-34-10-15)26(28,29)30/h3-12,23H,1-2H3,(H,35,37,40). The summed E-state index contributed by atoms with van der Waals surface area (Å²) >= 11 is 0. The molecule has 1 atom stereocenters. The number of aromatic amines is 1. The molecule has 1 saturated heterocycles. The van der Waals surface area contributed by atoms with Gasteiger partial charge in [0.05, 0.1) is 29.3 Å². The van der Waals surface area contributed by atoms with Gasteiger partial charge in [-0.15, -0.1) is 0 Å². The molecule has 1 N–H and O–H groups in total. The highest BCUT2D eigenvalue weighted by molar-refractivity contribution is 6.28. The van der Waals surface area contributed by atoms with E-state index in [1.54, 1.807) is 13.8 Å². The smallest absolute Gasteiger partial charge is 0.455 e. The molecule has 1 aliphatic heterocycles.